The third kappa shape index (κ3) is 6.50. The molecule has 1 unspecified atom stereocenters. The number of halogens is 2. The number of amides is 1. The highest BCUT2D eigenvalue weighted by molar-refractivity contribution is 6.47. The molecule has 2 aromatic rings. The summed E-state index contributed by atoms with van der Waals surface area (Å²) in [7, 11) is 0. The summed E-state index contributed by atoms with van der Waals surface area (Å²) in [5.41, 5.74) is 0.821. The number of nitrogens with zero attached hydrogens (tertiary/aromatic N) is 2. The van der Waals surface area contributed by atoms with Gasteiger partial charge in [0.05, 0.1) is 11.6 Å². The number of benzene rings is 2. The van der Waals surface area contributed by atoms with Gasteiger partial charge >= 0.3 is 0 Å². The Morgan fingerprint density at radius 3 is 2.17 bits per heavy atom. The van der Waals surface area contributed by atoms with Gasteiger partial charge in [0.25, 0.3) is 11.7 Å². The maximum absolute atomic E-state index is 13.4. The van der Waals surface area contributed by atoms with E-state index in [1.54, 1.807) is 24.3 Å². The quantitative estimate of drug-likeness (QED) is 0.214. The van der Waals surface area contributed by atoms with E-state index in [1.807, 2.05) is 0 Å². The fraction of sp³-hybridized carbons (Fsp3) is 0.429. The van der Waals surface area contributed by atoms with E-state index in [4.69, 9.17) is 11.6 Å². The molecule has 0 saturated carbocycles. The summed E-state index contributed by atoms with van der Waals surface area (Å²) in [5.74, 6) is -2.21. The van der Waals surface area contributed by atoms with Crippen LogP contribution in [0.3, 0.4) is 0 Å². The molecule has 1 amide bonds. The van der Waals surface area contributed by atoms with Gasteiger partial charge in [0.2, 0.25) is 0 Å². The van der Waals surface area contributed by atoms with Crippen LogP contribution in [-0.2, 0) is 9.59 Å². The Hall–Kier alpha value is -2.70. The van der Waals surface area contributed by atoms with Crippen LogP contribution in [0.15, 0.2) is 54.1 Å². The van der Waals surface area contributed by atoms with Crippen molar-refractivity contribution in [2.75, 3.05) is 26.2 Å². The molecule has 1 saturated heterocycles. The number of unbranched alkanes of at least 4 members (excludes halogenated alkanes) is 2. The van der Waals surface area contributed by atoms with Crippen LogP contribution in [0.2, 0.25) is 5.02 Å². The second kappa shape index (κ2) is 12.8. The molecule has 35 heavy (non-hydrogen) atoms. The molecule has 188 valence electrons. The molecule has 1 aliphatic rings. The zero-order valence-corrected chi connectivity index (χ0v) is 21.2. The van der Waals surface area contributed by atoms with Crippen LogP contribution in [0.5, 0.6) is 0 Å². The highest BCUT2D eigenvalue weighted by Crippen LogP contribution is 2.41. The predicted molar refractivity (Wildman–Crippen MR) is 138 cm³/mol. The van der Waals surface area contributed by atoms with E-state index in [1.165, 1.54) is 29.2 Å². The van der Waals surface area contributed by atoms with Gasteiger partial charge in [0.1, 0.15) is 11.6 Å². The highest BCUT2D eigenvalue weighted by Gasteiger charge is 2.46. The van der Waals surface area contributed by atoms with Crippen molar-refractivity contribution in [1.82, 2.24) is 9.80 Å². The molecular formula is C28H34ClFN2O3. The summed E-state index contributed by atoms with van der Waals surface area (Å²) < 4.78 is 13.4. The zero-order valence-electron chi connectivity index (χ0n) is 20.5. The molecule has 2 aromatic carbocycles. The summed E-state index contributed by atoms with van der Waals surface area (Å²) in [4.78, 5) is 30.2. The van der Waals surface area contributed by atoms with Crippen LogP contribution in [-0.4, -0.2) is 52.8 Å². The number of hydrogen-bond acceptors (Lipinski definition) is 4. The fourth-order valence-electron chi connectivity index (χ4n) is 4.46. The zero-order chi connectivity index (χ0) is 25.4. The first-order chi connectivity index (χ1) is 16.9. The molecule has 0 radical (unpaired) electrons. The van der Waals surface area contributed by atoms with Crippen LogP contribution in [0, 0.1) is 5.82 Å². The lowest BCUT2D eigenvalue weighted by molar-refractivity contribution is -0.140. The molecule has 1 N–H and O–H groups in total. The van der Waals surface area contributed by atoms with E-state index in [-0.39, 0.29) is 16.9 Å². The molecule has 1 fully saturated rings. The van der Waals surface area contributed by atoms with E-state index in [0.29, 0.717) is 23.6 Å². The largest absolute Gasteiger partial charge is 0.507 e. The molecule has 1 aliphatic heterocycles. The molecule has 7 heteroatoms. The number of aliphatic hydroxyl groups is 1. The SMILES string of the molecule is CCCCN(CCCC)CCCN1C(=O)C(=O)/C(=C(/O)c2ccc(F)cc2)C1c1ccccc1Cl. The molecule has 0 aromatic heterocycles. The monoisotopic (exact) mass is 500 g/mol. The normalized spacial score (nSPS) is 17.5. The smallest absolute Gasteiger partial charge is 0.295 e. The maximum Gasteiger partial charge on any atom is 0.295 e. The van der Waals surface area contributed by atoms with Crippen molar-refractivity contribution in [3.05, 3.63) is 76.1 Å². The Morgan fingerprint density at radius 2 is 1.57 bits per heavy atom. The van der Waals surface area contributed by atoms with Gasteiger partial charge in [-0.05, 0) is 74.8 Å². The average Bonchev–Trinajstić information content (AvgIpc) is 3.10. The lowest BCUT2D eigenvalue weighted by Gasteiger charge is -2.28. The standard InChI is InChI=1S/C28H34ClFN2O3/c1-3-5-16-31(17-6-4-2)18-9-19-32-25(22-10-7-8-11-23(22)29)24(27(34)28(32)35)26(33)20-12-14-21(30)15-13-20/h7-8,10-15,25,33H,3-6,9,16-19H2,1-2H3/b26-24+. The van der Waals surface area contributed by atoms with Crippen LogP contribution in [0.1, 0.15) is 63.1 Å². The number of likely N-dealkylation sites (tertiary alicyclic amines) is 1. The third-order valence-corrected chi connectivity index (χ3v) is 6.73. The number of Topliss-reactive ketones (excluding diaryl/α,β-unsaturated/α-hetero) is 1. The van der Waals surface area contributed by atoms with Crippen molar-refractivity contribution >= 4 is 29.1 Å². The van der Waals surface area contributed by atoms with Gasteiger partial charge < -0.3 is 14.9 Å². The molecule has 0 spiro atoms. The first kappa shape index (κ1) is 26.9. The van der Waals surface area contributed by atoms with Crippen molar-refractivity contribution in [1.29, 1.82) is 0 Å². The van der Waals surface area contributed by atoms with Gasteiger partial charge in [-0.3, -0.25) is 9.59 Å². The third-order valence-electron chi connectivity index (χ3n) is 6.39. The molecule has 1 heterocycles. The second-order valence-electron chi connectivity index (χ2n) is 8.92. The number of hydrogen-bond donors (Lipinski definition) is 1. The van der Waals surface area contributed by atoms with E-state index in [2.05, 4.69) is 18.7 Å². The van der Waals surface area contributed by atoms with E-state index in [0.717, 1.165) is 45.3 Å². The number of aliphatic hydroxyl groups excluding tert-OH is 1. The molecule has 5 nitrogen and oxygen atoms in total. The van der Waals surface area contributed by atoms with Gasteiger partial charge in [-0.2, -0.15) is 0 Å². The van der Waals surface area contributed by atoms with Gasteiger partial charge in [0, 0.05) is 17.1 Å². The number of carbonyl (C=O) groups is 2. The maximum atomic E-state index is 13.4. The molecule has 1 atom stereocenters. The Bertz CT molecular complexity index is 1050. The first-order valence-electron chi connectivity index (χ1n) is 12.4. The summed E-state index contributed by atoms with van der Waals surface area (Å²) in [6, 6.07) is 11.4. The minimum absolute atomic E-state index is 0.0245. The fourth-order valence-corrected chi connectivity index (χ4v) is 4.70. The molecule has 0 bridgehead atoms. The Labute approximate surface area is 212 Å². The van der Waals surface area contributed by atoms with E-state index < -0.39 is 23.5 Å². The summed E-state index contributed by atoms with van der Waals surface area (Å²) in [6.07, 6.45) is 5.16. The minimum Gasteiger partial charge on any atom is -0.507 e. The summed E-state index contributed by atoms with van der Waals surface area (Å²) >= 11 is 6.49. The van der Waals surface area contributed by atoms with Gasteiger partial charge in [-0.1, -0.05) is 56.5 Å². The van der Waals surface area contributed by atoms with Crippen LogP contribution in [0.25, 0.3) is 5.76 Å². The average molecular weight is 501 g/mol. The van der Waals surface area contributed by atoms with Crippen molar-refractivity contribution in [3.8, 4) is 0 Å². The lowest BCUT2D eigenvalue weighted by Crippen LogP contribution is -2.34. The second-order valence-corrected chi connectivity index (χ2v) is 9.33. The van der Waals surface area contributed by atoms with Gasteiger partial charge in [-0.25, -0.2) is 4.39 Å². The van der Waals surface area contributed by atoms with Crippen molar-refractivity contribution in [2.45, 2.75) is 52.0 Å². The number of carbonyl (C=O) groups excluding carboxylic acids is 2. The van der Waals surface area contributed by atoms with Crippen LogP contribution in [0.4, 0.5) is 4.39 Å². The van der Waals surface area contributed by atoms with Crippen molar-refractivity contribution in [3.63, 3.8) is 0 Å². The lowest BCUT2D eigenvalue weighted by atomic mass is 9.95. The summed E-state index contributed by atoms with van der Waals surface area (Å²) in [5, 5.41) is 11.5. The predicted octanol–water partition coefficient (Wildman–Crippen LogP) is 6.19. The summed E-state index contributed by atoms with van der Waals surface area (Å²) in [6.45, 7) is 7.53. The van der Waals surface area contributed by atoms with Crippen molar-refractivity contribution in [2.24, 2.45) is 0 Å². The Morgan fingerprint density at radius 1 is 0.971 bits per heavy atom. The molecule has 3 rings (SSSR count). The molecule has 0 aliphatic carbocycles. The van der Waals surface area contributed by atoms with Crippen LogP contribution >= 0.6 is 11.6 Å². The first-order valence-corrected chi connectivity index (χ1v) is 12.8. The van der Waals surface area contributed by atoms with E-state index >= 15 is 0 Å². The van der Waals surface area contributed by atoms with Crippen molar-refractivity contribution < 1.29 is 19.1 Å². The van der Waals surface area contributed by atoms with Gasteiger partial charge in [0.15, 0.2) is 0 Å². The van der Waals surface area contributed by atoms with E-state index in [9.17, 15) is 19.1 Å². The minimum atomic E-state index is -0.812. The Balaban J connectivity index is 1.92. The number of ketones is 1. The highest BCUT2D eigenvalue weighted by atomic mass is 35.5. The van der Waals surface area contributed by atoms with Gasteiger partial charge in [-0.15, -0.1) is 0 Å². The topological polar surface area (TPSA) is 60.9 Å². The van der Waals surface area contributed by atoms with Crippen LogP contribution < -0.4 is 0 Å². The Kier molecular flexibility index (Phi) is 9.87. The molecular weight excluding hydrogens is 467 g/mol. The number of rotatable bonds is 12.